The average Bonchev–Trinajstić information content (AvgIpc) is 2.48. The molecule has 0 amide bonds. The molecule has 0 N–H and O–H groups in total. The Bertz CT molecular complexity index is 642. The second-order valence-corrected chi connectivity index (χ2v) is 6.21. The van der Waals surface area contributed by atoms with Crippen LogP contribution in [-0.2, 0) is 4.79 Å². The highest BCUT2D eigenvalue weighted by Gasteiger charge is 2.34. The molecular formula is C20H22O. The van der Waals surface area contributed by atoms with Crippen LogP contribution in [0.5, 0.6) is 0 Å². The van der Waals surface area contributed by atoms with Crippen molar-refractivity contribution in [3.8, 4) is 0 Å². The number of rotatable bonds is 2. The second kappa shape index (κ2) is 5.85. The fraction of sp³-hybridized carbons (Fsp3) is 0.350. The molecule has 1 heteroatoms. The maximum Gasteiger partial charge on any atom is 0.140 e. The maximum absolute atomic E-state index is 12.6. The first-order valence-corrected chi connectivity index (χ1v) is 7.81. The van der Waals surface area contributed by atoms with Gasteiger partial charge in [0.1, 0.15) is 5.78 Å². The number of hydrogen-bond acceptors (Lipinski definition) is 1. The monoisotopic (exact) mass is 278 g/mol. The quantitative estimate of drug-likeness (QED) is 0.761. The number of hydrogen-bond donors (Lipinski definition) is 0. The molecule has 0 bridgehead atoms. The minimum atomic E-state index is 0.0290. The lowest BCUT2D eigenvalue weighted by molar-refractivity contribution is -0.122. The van der Waals surface area contributed by atoms with Crippen LogP contribution in [0.2, 0.25) is 0 Å². The average molecular weight is 278 g/mol. The third-order valence-electron chi connectivity index (χ3n) is 4.67. The van der Waals surface area contributed by atoms with Crippen LogP contribution in [0.15, 0.2) is 48.5 Å². The van der Waals surface area contributed by atoms with Gasteiger partial charge in [0.05, 0.1) is 0 Å². The topological polar surface area (TPSA) is 17.1 Å². The molecule has 0 aromatic heterocycles. The van der Waals surface area contributed by atoms with Gasteiger partial charge in [0.25, 0.3) is 0 Å². The van der Waals surface area contributed by atoms with Crippen molar-refractivity contribution in [2.75, 3.05) is 0 Å². The fourth-order valence-electron chi connectivity index (χ4n) is 3.70. The van der Waals surface area contributed by atoms with Gasteiger partial charge in [-0.15, -0.1) is 0 Å². The van der Waals surface area contributed by atoms with Crippen molar-refractivity contribution in [1.82, 2.24) is 0 Å². The Morgan fingerprint density at radius 1 is 1.00 bits per heavy atom. The van der Waals surface area contributed by atoms with E-state index in [1.807, 2.05) is 18.2 Å². The number of benzene rings is 2. The van der Waals surface area contributed by atoms with Gasteiger partial charge in [-0.05, 0) is 49.3 Å². The summed E-state index contributed by atoms with van der Waals surface area (Å²) in [6, 6.07) is 16.9. The molecule has 1 saturated carbocycles. The number of aryl methyl sites for hydroxylation is 2. The zero-order valence-electron chi connectivity index (χ0n) is 12.8. The Hall–Kier alpha value is -1.89. The van der Waals surface area contributed by atoms with Crippen molar-refractivity contribution in [2.45, 2.75) is 44.9 Å². The molecule has 1 fully saturated rings. The van der Waals surface area contributed by atoms with E-state index < -0.39 is 0 Å². The van der Waals surface area contributed by atoms with Gasteiger partial charge in [0.2, 0.25) is 0 Å². The van der Waals surface area contributed by atoms with Crippen LogP contribution in [0.3, 0.4) is 0 Å². The van der Waals surface area contributed by atoms with Gasteiger partial charge in [-0.3, -0.25) is 4.79 Å². The summed E-state index contributed by atoms with van der Waals surface area (Å²) >= 11 is 0. The lowest BCUT2D eigenvalue weighted by Crippen LogP contribution is -2.25. The van der Waals surface area contributed by atoms with Crippen LogP contribution in [0.4, 0.5) is 0 Å². The molecule has 0 unspecified atom stereocenters. The highest BCUT2D eigenvalue weighted by molar-refractivity contribution is 5.87. The lowest BCUT2D eigenvalue weighted by atomic mass is 9.70. The van der Waals surface area contributed by atoms with Gasteiger partial charge in [-0.2, -0.15) is 0 Å². The van der Waals surface area contributed by atoms with E-state index in [9.17, 15) is 4.79 Å². The second-order valence-electron chi connectivity index (χ2n) is 6.21. The Morgan fingerprint density at radius 2 is 1.76 bits per heavy atom. The van der Waals surface area contributed by atoms with E-state index in [-0.39, 0.29) is 5.92 Å². The van der Waals surface area contributed by atoms with Gasteiger partial charge >= 0.3 is 0 Å². The van der Waals surface area contributed by atoms with Crippen molar-refractivity contribution in [3.63, 3.8) is 0 Å². The third-order valence-corrected chi connectivity index (χ3v) is 4.67. The molecular weight excluding hydrogens is 256 g/mol. The van der Waals surface area contributed by atoms with E-state index in [1.165, 1.54) is 22.3 Å². The van der Waals surface area contributed by atoms with Crippen LogP contribution in [0.25, 0.3) is 0 Å². The predicted molar refractivity (Wildman–Crippen MR) is 86.7 cm³/mol. The molecule has 2 atom stereocenters. The number of carbonyl (C=O) groups excluding carboxylic acids is 1. The standard InChI is InChI=1S/C20H22O/c1-14-11-12-17(15(2)13-14)18-9-6-10-19(21)20(18)16-7-4-3-5-8-16/h3-5,7-8,11-13,18,20H,6,9-10H2,1-2H3/t18-,20+/m0/s1. The minimum Gasteiger partial charge on any atom is -0.299 e. The first-order chi connectivity index (χ1) is 10.2. The maximum atomic E-state index is 12.6. The summed E-state index contributed by atoms with van der Waals surface area (Å²) in [4.78, 5) is 12.6. The van der Waals surface area contributed by atoms with Crippen LogP contribution in [0, 0.1) is 13.8 Å². The molecule has 1 aliphatic rings. The summed E-state index contributed by atoms with van der Waals surface area (Å²) in [6.45, 7) is 4.29. The molecule has 1 aliphatic carbocycles. The summed E-state index contributed by atoms with van der Waals surface area (Å²) < 4.78 is 0. The van der Waals surface area contributed by atoms with E-state index in [2.05, 4.69) is 44.2 Å². The van der Waals surface area contributed by atoms with Gasteiger partial charge < -0.3 is 0 Å². The van der Waals surface area contributed by atoms with Crippen LogP contribution < -0.4 is 0 Å². The van der Waals surface area contributed by atoms with E-state index in [0.717, 1.165) is 19.3 Å². The molecule has 3 rings (SSSR count). The van der Waals surface area contributed by atoms with Crippen LogP contribution in [0.1, 0.15) is 53.4 Å². The smallest absolute Gasteiger partial charge is 0.140 e. The first kappa shape index (κ1) is 14.1. The molecule has 0 saturated heterocycles. The van der Waals surface area contributed by atoms with Gasteiger partial charge in [0, 0.05) is 12.3 Å². The van der Waals surface area contributed by atoms with Crippen molar-refractivity contribution in [2.24, 2.45) is 0 Å². The Kier molecular flexibility index (Phi) is 3.92. The normalized spacial score (nSPS) is 22.3. The number of ketones is 1. The summed E-state index contributed by atoms with van der Waals surface area (Å²) in [5, 5.41) is 0. The van der Waals surface area contributed by atoms with E-state index in [1.54, 1.807) is 0 Å². The summed E-state index contributed by atoms with van der Waals surface area (Å²) in [6.07, 6.45) is 2.84. The van der Waals surface area contributed by atoms with Crippen molar-refractivity contribution in [1.29, 1.82) is 0 Å². The third kappa shape index (κ3) is 2.78. The molecule has 21 heavy (non-hydrogen) atoms. The number of carbonyl (C=O) groups is 1. The zero-order valence-corrected chi connectivity index (χ0v) is 12.8. The Labute approximate surface area is 127 Å². The molecule has 108 valence electrons. The van der Waals surface area contributed by atoms with E-state index in [4.69, 9.17) is 0 Å². The van der Waals surface area contributed by atoms with Crippen molar-refractivity contribution in [3.05, 3.63) is 70.8 Å². The highest BCUT2D eigenvalue weighted by atomic mass is 16.1. The predicted octanol–water partition coefficient (Wildman–Crippen LogP) is 4.92. The fourth-order valence-corrected chi connectivity index (χ4v) is 3.70. The molecule has 0 radical (unpaired) electrons. The molecule has 0 aliphatic heterocycles. The lowest BCUT2D eigenvalue weighted by Gasteiger charge is -2.32. The SMILES string of the molecule is Cc1ccc([C@@H]2CCCC(=O)[C@@H]2c2ccccc2)c(C)c1. The number of Topliss-reactive ketones (excluding diaryl/α,β-unsaturated/α-hetero) is 1. The van der Waals surface area contributed by atoms with Gasteiger partial charge in [-0.25, -0.2) is 0 Å². The van der Waals surface area contributed by atoms with Crippen LogP contribution >= 0.6 is 0 Å². The largest absolute Gasteiger partial charge is 0.299 e. The first-order valence-electron chi connectivity index (χ1n) is 7.81. The Balaban J connectivity index is 2.04. The molecule has 0 spiro atoms. The van der Waals surface area contributed by atoms with Gasteiger partial charge in [-0.1, -0.05) is 54.1 Å². The van der Waals surface area contributed by atoms with Gasteiger partial charge in [0.15, 0.2) is 0 Å². The van der Waals surface area contributed by atoms with Crippen LogP contribution in [-0.4, -0.2) is 5.78 Å². The molecule has 2 aromatic carbocycles. The molecule has 0 heterocycles. The summed E-state index contributed by atoms with van der Waals surface area (Å²) in [5.74, 6) is 0.757. The molecule has 2 aromatic rings. The highest BCUT2D eigenvalue weighted by Crippen LogP contribution is 2.43. The zero-order chi connectivity index (χ0) is 14.8. The van der Waals surface area contributed by atoms with E-state index >= 15 is 0 Å². The van der Waals surface area contributed by atoms with Crippen molar-refractivity contribution >= 4 is 5.78 Å². The van der Waals surface area contributed by atoms with Crippen molar-refractivity contribution < 1.29 is 4.79 Å². The molecule has 1 nitrogen and oxygen atoms in total. The van der Waals surface area contributed by atoms with E-state index in [0.29, 0.717) is 11.7 Å². The summed E-state index contributed by atoms with van der Waals surface area (Å²) in [7, 11) is 0. The Morgan fingerprint density at radius 3 is 2.48 bits per heavy atom. The summed E-state index contributed by atoms with van der Waals surface area (Å²) in [5.41, 5.74) is 5.12. The minimum absolute atomic E-state index is 0.0290.